The van der Waals surface area contributed by atoms with Crippen LogP contribution in [0.15, 0.2) is 24.3 Å². The van der Waals surface area contributed by atoms with Gasteiger partial charge in [-0.15, -0.1) is 0 Å². The second-order valence-electron chi connectivity index (χ2n) is 6.44. The lowest BCUT2D eigenvalue weighted by atomic mass is 10.1. The van der Waals surface area contributed by atoms with E-state index in [-0.39, 0.29) is 24.7 Å². The molecule has 1 amide bonds. The molecule has 0 fully saturated rings. The van der Waals surface area contributed by atoms with E-state index in [0.29, 0.717) is 11.3 Å². The molecular formula is C16H24N2O4S. The van der Waals surface area contributed by atoms with Gasteiger partial charge in [-0.05, 0) is 52.0 Å². The first-order chi connectivity index (χ1) is 10.4. The Balaban J connectivity index is 2.68. The Hall–Kier alpha value is -1.73. The number of rotatable bonds is 6. The fourth-order valence-corrected chi connectivity index (χ4v) is 3.63. The Kier molecular flexibility index (Phi) is 6.07. The highest BCUT2D eigenvalue weighted by atomic mass is 32.2. The summed E-state index contributed by atoms with van der Waals surface area (Å²) in [6, 6.07) is 6.56. The molecule has 1 rings (SSSR count). The molecule has 0 heterocycles. The van der Waals surface area contributed by atoms with E-state index < -0.39 is 15.6 Å². The average Bonchev–Trinajstić information content (AvgIpc) is 2.36. The number of sulfonamides is 1. The molecule has 0 saturated carbocycles. The number of nitrogens with one attached hydrogen (secondary N) is 1. The molecule has 0 aliphatic carbocycles. The minimum absolute atomic E-state index is 0.0446. The summed E-state index contributed by atoms with van der Waals surface area (Å²) < 4.78 is 24.9. The van der Waals surface area contributed by atoms with Gasteiger partial charge in [0.25, 0.3) is 0 Å². The van der Waals surface area contributed by atoms with E-state index in [1.807, 2.05) is 0 Å². The molecule has 0 aromatic heterocycles. The molecule has 1 aromatic carbocycles. The molecule has 6 nitrogen and oxygen atoms in total. The first-order valence-electron chi connectivity index (χ1n) is 7.30. The lowest BCUT2D eigenvalue weighted by molar-refractivity contribution is -0.116. The van der Waals surface area contributed by atoms with E-state index in [1.165, 1.54) is 11.2 Å². The third-order valence-electron chi connectivity index (χ3n) is 3.27. The molecule has 0 aliphatic rings. The topological polar surface area (TPSA) is 83.6 Å². The lowest BCUT2D eigenvalue weighted by Crippen LogP contribution is -2.46. The van der Waals surface area contributed by atoms with Crippen LogP contribution < -0.4 is 5.32 Å². The molecule has 1 N–H and O–H groups in total. The average molecular weight is 340 g/mol. The summed E-state index contributed by atoms with van der Waals surface area (Å²) in [4.78, 5) is 23.2. The molecule has 0 aliphatic heterocycles. The van der Waals surface area contributed by atoms with E-state index in [9.17, 15) is 18.0 Å². The van der Waals surface area contributed by atoms with Crippen LogP contribution in [0.4, 0.5) is 5.69 Å². The van der Waals surface area contributed by atoms with Crippen molar-refractivity contribution in [1.82, 2.24) is 4.31 Å². The fourth-order valence-electron chi connectivity index (χ4n) is 2.21. The fraction of sp³-hybridized carbons (Fsp3) is 0.500. The van der Waals surface area contributed by atoms with Crippen molar-refractivity contribution in [2.45, 2.75) is 39.7 Å². The number of amides is 1. The third-order valence-corrected chi connectivity index (χ3v) is 4.80. The Morgan fingerprint density at radius 3 is 2.04 bits per heavy atom. The summed E-state index contributed by atoms with van der Waals surface area (Å²) in [6.07, 6.45) is 1.19. The molecule has 0 saturated heterocycles. The molecule has 0 radical (unpaired) electrons. The largest absolute Gasteiger partial charge is 0.326 e. The van der Waals surface area contributed by atoms with Gasteiger partial charge in [0.1, 0.15) is 0 Å². The van der Waals surface area contributed by atoms with Crippen molar-refractivity contribution in [2.24, 2.45) is 0 Å². The van der Waals surface area contributed by atoms with Crippen LogP contribution in [0.25, 0.3) is 0 Å². The summed E-state index contributed by atoms with van der Waals surface area (Å²) in [5.74, 6) is -0.324. The number of anilines is 1. The minimum atomic E-state index is -3.39. The molecule has 0 spiro atoms. The van der Waals surface area contributed by atoms with Crippen molar-refractivity contribution in [1.29, 1.82) is 0 Å². The van der Waals surface area contributed by atoms with Crippen molar-refractivity contribution in [3.05, 3.63) is 29.8 Å². The SMILES string of the molecule is CC(=O)c1ccc(NC(=O)CCN(C(C)(C)C)S(C)(=O)=O)cc1. The Labute approximate surface area is 137 Å². The third kappa shape index (κ3) is 6.11. The van der Waals surface area contributed by atoms with E-state index in [0.717, 1.165) is 6.26 Å². The van der Waals surface area contributed by atoms with Crippen LogP contribution in [-0.2, 0) is 14.8 Å². The molecule has 0 unspecified atom stereocenters. The molecule has 7 heteroatoms. The van der Waals surface area contributed by atoms with Crippen LogP contribution in [0.5, 0.6) is 0 Å². The second kappa shape index (κ2) is 7.23. The van der Waals surface area contributed by atoms with E-state index >= 15 is 0 Å². The summed E-state index contributed by atoms with van der Waals surface area (Å²) in [5.41, 5.74) is 0.553. The highest BCUT2D eigenvalue weighted by Crippen LogP contribution is 2.18. The first kappa shape index (κ1) is 19.3. The van der Waals surface area contributed by atoms with Crippen LogP contribution in [0, 0.1) is 0 Å². The number of ketones is 1. The molecule has 0 atom stereocenters. The Morgan fingerprint density at radius 1 is 1.13 bits per heavy atom. The van der Waals surface area contributed by atoms with Crippen molar-refractivity contribution >= 4 is 27.4 Å². The van der Waals surface area contributed by atoms with Crippen LogP contribution in [0.2, 0.25) is 0 Å². The Bertz CT molecular complexity index is 673. The highest BCUT2D eigenvalue weighted by molar-refractivity contribution is 7.88. The molecule has 0 bridgehead atoms. The van der Waals surface area contributed by atoms with Gasteiger partial charge >= 0.3 is 0 Å². The smallest absolute Gasteiger partial charge is 0.225 e. The number of carbonyl (C=O) groups excluding carboxylic acids is 2. The van der Waals surface area contributed by atoms with Crippen LogP contribution in [0.1, 0.15) is 44.5 Å². The predicted octanol–water partition coefficient (Wildman–Crippen LogP) is 2.28. The normalized spacial score (nSPS) is 12.3. The van der Waals surface area contributed by atoms with Gasteiger partial charge in [0.2, 0.25) is 15.9 Å². The predicted molar refractivity (Wildman–Crippen MR) is 91.0 cm³/mol. The maximum absolute atomic E-state index is 12.0. The second-order valence-corrected chi connectivity index (χ2v) is 8.34. The number of carbonyl (C=O) groups is 2. The van der Waals surface area contributed by atoms with Gasteiger partial charge in [0.15, 0.2) is 5.78 Å². The number of nitrogens with zero attached hydrogens (tertiary/aromatic N) is 1. The molecule has 1 aromatic rings. The maximum Gasteiger partial charge on any atom is 0.225 e. The van der Waals surface area contributed by atoms with Gasteiger partial charge in [-0.1, -0.05) is 0 Å². The highest BCUT2D eigenvalue weighted by Gasteiger charge is 2.29. The molecule has 23 heavy (non-hydrogen) atoms. The first-order valence-corrected chi connectivity index (χ1v) is 9.15. The zero-order valence-electron chi connectivity index (χ0n) is 14.2. The number of hydrogen-bond acceptors (Lipinski definition) is 4. The number of benzene rings is 1. The zero-order valence-corrected chi connectivity index (χ0v) is 15.0. The minimum Gasteiger partial charge on any atom is -0.326 e. The molecule has 128 valence electrons. The standard InChI is InChI=1S/C16H24N2O4S/c1-12(19)13-6-8-14(9-7-13)17-15(20)10-11-18(16(2,3)4)23(5,21)22/h6-9H,10-11H2,1-5H3,(H,17,20). The van der Waals surface area contributed by atoms with Gasteiger partial charge < -0.3 is 5.32 Å². The van der Waals surface area contributed by atoms with E-state index in [2.05, 4.69) is 5.32 Å². The van der Waals surface area contributed by atoms with Gasteiger partial charge in [0.05, 0.1) is 6.26 Å². The lowest BCUT2D eigenvalue weighted by Gasteiger charge is -2.33. The van der Waals surface area contributed by atoms with E-state index in [1.54, 1.807) is 45.0 Å². The maximum atomic E-state index is 12.0. The van der Waals surface area contributed by atoms with Crippen molar-refractivity contribution in [2.75, 3.05) is 18.1 Å². The van der Waals surface area contributed by atoms with Gasteiger partial charge in [0, 0.05) is 29.8 Å². The zero-order chi connectivity index (χ0) is 17.8. The van der Waals surface area contributed by atoms with E-state index in [4.69, 9.17) is 0 Å². The summed E-state index contributed by atoms with van der Waals surface area (Å²) in [7, 11) is -3.39. The van der Waals surface area contributed by atoms with Crippen molar-refractivity contribution in [3.63, 3.8) is 0 Å². The summed E-state index contributed by atoms with van der Waals surface area (Å²) >= 11 is 0. The summed E-state index contributed by atoms with van der Waals surface area (Å²) in [5, 5.41) is 2.69. The quantitative estimate of drug-likeness (QED) is 0.805. The van der Waals surface area contributed by atoms with Gasteiger partial charge in [-0.2, -0.15) is 4.31 Å². The Morgan fingerprint density at radius 2 is 1.65 bits per heavy atom. The monoisotopic (exact) mass is 340 g/mol. The molecular weight excluding hydrogens is 316 g/mol. The van der Waals surface area contributed by atoms with Crippen molar-refractivity contribution in [3.8, 4) is 0 Å². The number of hydrogen-bond donors (Lipinski definition) is 1. The van der Waals surface area contributed by atoms with Crippen LogP contribution in [-0.4, -0.2) is 42.8 Å². The number of Topliss-reactive ketones (excluding diaryl/α,β-unsaturated/α-hetero) is 1. The van der Waals surface area contributed by atoms with Crippen LogP contribution >= 0.6 is 0 Å². The van der Waals surface area contributed by atoms with Gasteiger partial charge in [-0.3, -0.25) is 9.59 Å². The van der Waals surface area contributed by atoms with Crippen LogP contribution in [0.3, 0.4) is 0 Å². The van der Waals surface area contributed by atoms with Crippen molar-refractivity contribution < 1.29 is 18.0 Å². The summed E-state index contributed by atoms with van der Waals surface area (Å²) in [6.45, 7) is 6.94. The van der Waals surface area contributed by atoms with Gasteiger partial charge in [-0.25, -0.2) is 8.42 Å².